The third-order valence-corrected chi connectivity index (χ3v) is 6.48. The normalized spacial score (nSPS) is 12.0. The Labute approximate surface area is 239 Å². The first kappa shape index (κ1) is 28.8. The monoisotopic (exact) mass is 610 g/mol. The minimum atomic E-state index is -1.14. The van der Waals surface area contributed by atoms with Crippen molar-refractivity contribution in [2.45, 2.75) is 26.9 Å². The molecule has 0 aliphatic carbocycles. The molecule has 1 aromatic heterocycles. The van der Waals surface area contributed by atoms with E-state index in [1.54, 1.807) is 63.2 Å². The van der Waals surface area contributed by atoms with Crippen LogP contribution >= 0.6 is 15.9 Å². The summed E-state index contributed by atoms with van der Waals surface area (Å²) in [7, 11) is 3.04. The fraction of sp³-hybridized carbons (Fsp3) is 0.233. The number of pyridine rings is 1. The number of hydrogen-bond acceptors (Lipinski definition) is 7. The molecule has 0 aliphatic rings. The van der Waals surface area contributed by atoms with Crippen LogP contribution in [-0.2, 0) is 9.53 Å². The molecule has 1 unspecified atom stereocenters. The second-order valence-electron chi connectivity index (χ2n) is 9.93. The maximum absolute atomic E-state index is 15.1. The van der Waals surface area contributed by atoms with E-state index in [1.165, 1.54) is 32.5 Å². The molecule has 10 heteroatoms. The molecule has 40 heavy (non-hydrogen) atoms. The standard InChI is InChI=1S/C30H28BrFN2O6/c1-30(2,3)27(40-29(36)17-6-8-18(31)9-7-17)28(35)34-19-10-11-24(21(32)14-19)39-23-12-13-33-22-16-26(38-5)25(37-4)15-20(22)23/h6-16,27H,1-5H3,(H,34,35). The number of carbonyl (C=O) groups is 2. The Bertz CT molecular complexity index is 1550. The van der Waals surface area contributed by atoms with E-state index in [0.717, 1.165) is 10.5 Å². The van der Waals surface area contributed by atoms with E-state index in [-0.39, 0.29) is 11.4 Å². The van der Waals surface area contributed by atoms with Crippen LogP contribution in [0.5, 0.6) is 23.0 Å². The number of nitrogens with one attached hydrogen (secondary N) is 1. The molecule has 208 valence electrons. The molecule has 4 aromatic rings. The summed E-state index contributed by atoms with van der Waals surface area (Å²) in [6.45, 7) is 5.31. The highest BCUT2D eigenvalue weighted by atomic mass is 79.9. The van der Waals surface area contributed by atoms with Gasteiger partial charge in [-0.15, -0.1) is 0 Å². The number of nitrogens with zero attached hydrogens (tertiary/aromatic N) is 1. The maximum atomic E-state index is 15.1. The number of aromatic nitrogens is 1. The van der Waals surface area contributed by atoms with Crippen molar-refractivity contribution in [3.8, 4) is 23.0 Å². The number of esters is 1. The average molecular weight is 611 g/mol. The number of benzene rings is 3. The first-order valence-corrected chi connectivity index (χ1v) is 13.0. The first-order valence-electron chi connectivity index (χ1n) is 12.3. The van der Waals surface area contributed by atoms with Crippen LogP contribution in [0, 0.1) is 11.2 Å². The van der Waals surface area contributed by atoms with Gasteiger partial charge in [0.05, 0.1) is 25.3 Å². The molecular weight excluding hydrogens is 583 g/mol. The fourth-order valence-corrected chi connectivity index (χ4v) is 4.17. The van der Waals surface area contributed by atoms with Gasteiger partial charge in [-0.1, -0.05) is 36.7 Å². The van der Waals surface area contributed by atoms with Gasteiger partial charge in [-0.3, -0.25) is 9.78 Å². The summed E-state index contributed by atoms with van der Waals surface area (Å²) in [6.07, 6.45) is 0.399. The smallest absolute Gasteiger partial charge is 0.338 e. The van der Waals surface area contributed by atoms with E-state index >= 15 is 4.39 Å². The average Bonchev–Trinajstić information content (AvgIpc) is 2.92. The zero-order chi connectivity index (χ0) is 29.0. The van der Waals surface area contributed by atoms with Crippen molar-refractivity contribution in [2.75, 3.05) is 19.5 Å². The van der Waals surface area contributed by atoms with Crippen LogP contribution in [0.3, 0.4) is 0 Å². The van der Waals surface area contributed by atoms with Crippen LogP contribution in [0.2, 0.25) is 0 Å². The van der Waals surface area contributed by atoms with Crippen LogP contribution in [-0.4, -0.2) is 37.2 Å². The number of rotatable bonds is 8. The van der Waals surface area contributed by atoms with Gasteiger partial charge in [0.15, 0.2) is 29.2 Å². The Balaban J connectivity index is 1.53. The summed E-state index contributed by atoms with van der Waals surface area (Å²) >= 11 is 3.32. The number of methoxy groups -OCH3 is 2. The predicted octanol–water partition coefficient (Wildman–Crippen LogP) is 7.16. The largest absolute Gasteiger partial charge is 0.493 e. The summed E-state index contributed by atoms with van der Waals surface area (Å²) in [5, 5.41) is 3.24. The third kappa shape index (κ3) is 6.51. The van der Waals surface area contributed by atoms with E-state index in [4.69, 9.17) is 18.9 Å². The number of fused-ring (bicyclic) bond motifs is 1. The van der Waals surface area contributed by atoms with Gasteiger partial charge < -0.3 is 24.3 Å². The summed E-state index contributed by atoms with van der Waals surface area (Å²) in [5.74, 6) is -0.669. The molecule has 1 heterocycles. The third-order valence-electron chi connectivity index (χ3n) is 5.96. The Morgan fingerprint density at radius 2 is 1.57 bits per heavy atom. The summed E-state index contributed by atoms with van der Waals surface area (Å²) in [5.41, 5.74) is 0.320. The highest BCUT2D eigenvalue weighted by Crippen LogP contribution is 2.37. The second kappa shape index (κ2) is 11.9. The number of hydrogen-bond donors (Lipinski definition) is 1. The highest BCUT2D eigenvalue weighted by Gasteiger charge is 2.35. The molecule has 8 nitrogen and oxygen atoms in total. The van der Waals surface area contributed by atoms with Crippen LogP contribution in [0.25, 0.3) is 10.9 Å². The number of ether oxygens (including phenoxy) is 4. The first-order chi connectivity index (χ1) is 19.0. The molecule has 0 saturated heterocycles. The molecule has 3 aromatic carbocycles. The molecular formula is C30H28BrFN2O6. The zero-order valence-electron chi connectivity index (χ0n) is 22.6. The van der Waals surface area contributed by atoms with E-state index < -0.39 is 29.2 Å². The van der Waals surface area contributed by atoms with Gasteiger partial charge in [0.2, 0.25) is 0 Å². The van der Waals surface area contributed by atoms with Crippen molar-refractivity contribution in [1.82, 2.24) is 4.98 Å². The van der Waals surface area contributed by atoms with E-state index in [1.807, 2.05) is 0 Å². The maximum Gasteiger partial charge on any atom is 0.338 e. The van der Waals surface area contributed by atoms with Crippen molar-refractivity contribution < 1.29 is 32.9 Å². The topological polar surface area (TPSA) is 96.0 Å². The number of anilines is 1. The number of halogens is 2. The van der Waals surface area contributed by atoms with Crippen LogP contribution in [0.15, 0.2) is 71.3 Å². The highest BCUT2D eigenvalue weighted by molar-refractivity contribution is 9.10. The van der Waals surface area contributed by atoms with Gasteiger partial charge in [-0.25, -0.2) is 9.18 Å². The lowest BCUT2D eigenvalue weighted by atomic mass is 9.88. The van der Waals surface area contributed by atoms with Crippen molar-refractivity contribution in [1.29, 1.82) is 0 Å². The Morgan fingerprint density at radius 3 is 2.20 bits per heavy atom. The minimum absolute atomic E-state index is 0.0608. The Kier molecular flexibility index (Phi) is 8.58. The quantitative estimate of drug-likeness (QED) is 0.211. The molecule has 0 bridgehead atoms. The lowest BCUT2D eigenvalue weighted by Gasteiger charge is -2.29. The van der Waals surface area contributed by atoms with E-state index in [2.05, 4.69) is 26.2 Å². The van der Waals surface area contributed by atoms with E-state index in [0.29, 0.717) is 33.7 Å². The summed E-state index contributed by atoms with van der Waals surface area (Å²) in [4.78, 5) is 30.2. The van der Waals surface area contributed by atoms with Crippen molar-refractivity contribution >= 4 is 44.4 Å². The molecule has 1 atom stereocenters. The number of carbonyl (C=O) groups excluding carboxylic acids is 2. The second-order valence-corrected chi connectivity index (χ2v) is 10.8. The van der Waals surface area contributed by atoms with Gasteiger partial charge in [-0.05, 0) is 48.5 Å². The minimum Gasteiger partial charge on any atom is -0.493 e. The molecule has 0 spiro atoms. The fourth-order valence-electron chi connectivity index (χ4n) is 3.91. The zero-order valence-corrected chi connectivity index (χ0v) is 24.2. The summed E-state index contributed by atoms with van der Waals surface area (Å²) in [6, 6.07) is 15.6. The van der Waals surface area contributed by atoms with Crippen molar-refractivity contribution in [3.05, 3.63) is 82.7 Å². The molecule has 0 aliphatic heterocycles. The molecule has 1 amide bonds. The lowest BCUT2D eigenvalue weighted by molar-refractivity contribution is -0.130. The van der Waals surface area contributed by atoms with Crippen LogP contribution in [0.4, 0.5) is 10.1 Å². The Hall–Kier alpha value is -4.18. The van der Waals surface area contributed by atoms with E-state index in [9.17, 15) is 9.59 Å². The van der Waals surface area contributed by atoms with Gasteiger partial charge in [0.1, 0.15) is 5.75 Å². The van der Waals surface area contributed by atoms with Gasteiger partial charge >= 0.3 is 5.97 Å². The van der Waals surface area contributed by atoms with Gasteiger partial charge in [0, 0.05) is 39.3 Å². The van der Waals surface area contributed by atoms with Crippen LogP contribution in [0.1, 0.15) is 31.1 Å². The SMILES string of the molecule is COc1cc2nccc(Oc3ccc(NC(=O)C(OC(=O)c4ccc(Br)cc4)C(C)(C)C)cc3F)c2cc1OC. The molecule has 0 saturated carbocycles. The Morgan fingerprint density at radius 1 is 0.900 bits per heavy atom. The molecule has 0 fully saturated rings. The summed E-state index contributed by atoms with van der Waals surface area (Å²) < 4.78 is 38.1. The lowest BCUT2D eigenvalue weighted by Crippen LogP contribution is -2.42. The molecule has 1 N–H and O–H groups in total. The van der Waals surface area contributed by atoms with Crippen LogP contribution < -0.4 is 19.5 Å². The molecule has 0 radical (unpaired) electrons. The van der Waals surface area contributed by atoms with Gasteiger partial charge in [0.25, 0.3) is 5.91 Å². The number of amides is 1. The molecule has 4 rings (SSSR count). The van der Waals surface area contributed by atoms with Crippen molar-refractivity contribution in [2.24, 2.45) is 5.41 Å². The van der Waals surface area contributed by atoms with Crippen molar-refractivity contribution in [3.63, 3.8) is 0 Å². The van der Waals surface area contributed by atoms with Gasteiger partial charge in [-0.2, -0.15) is 0 Å². The predicted molar refractivity (Wildman–Crippen MR) is 153 cm³/mol.